The van der Waals surface area contributed by atoms with Gasteiger partial charge in [-0.1, -0.05) is 0 Å². The first kappa shape index (κ1) is 10.8. The van der Waals surface area contributed by atoms with Crippen LogP contribution in [0, 0.1) is 6.92 Å². The average Bonchev–Trinajstić information content (AvgIpc) is 2.71. The van der Waals surface area contributed by atoms with E-state index in [1.165, 1.54) is 11.3 Å². The first-order valence-electron chi connectivity index (χ1n) is 4.82. The van der Waals surface area contributed by atoms with E-state index < -0.39 is 0 Å². The Morgan fingerprint density at radius 2 is 2.06 bits per heavy atom. The molecule has 0 atom stereocenters. The van der Waals surface area contributed by atoms with Crippen LogP contribution in [0.3, 0.4) is 0 Å². The molecular weight excluding hydrogens is 222 g/mol. The minimum Gasteiger partial charge on any atom is -0.353 e. The van der Waals surface area contributed by atoms with Crippen molar-refractivity contribution in [3.05, 3.63) is 35.2 Å². The monoisotopic (exact) mass is 233 g/mol. The summed E-state index contributed by atoms with van der Waals surface area (Å²) in [4.78, 5) is 20.7. The minimum absolute atomic E-state index is 0.145. The smallest absolute Gasteiger partial charge is 0.280 e. The van der Waals surface area contributed by atoms with Crippen LogP contribution in [0.5, 0.6) is 0 Å². The van der Waals surface area contributed by atoms with E-state index in [2.05, 4.69) is 15.3 Å². The number of pyridine rings is 1. The molecule has 0 spiro atoms. The highest BCUT2D eigenvalue weighted by molar-refractivity contribution is 7.17. The van der Waals surface area contributed by atoms with Gasteiger partial charge in [0, 0.05) is 19.4 Å². The summed E-state index contributed by atoms with van der Waals surface area (Å²) in [7, 11) is 1.60. The van der Waals surface area contributed by atoms with Crippen molar-refractivity contribution in [2.75, 3.05) is 7.05 Å². The van der Waals surface area contributed by atoms with E-state index in [1.54, 1.807) is 19.4 Å². The molecule has 2 heterocycles. The van der Waals surface area contributed by atoms with Gasteiger partial charge in [0.25, 0.3) is 5.91 Å². The van der Waals surface area contributed by atoms with Crippen molar-refractivity contribution in [2.24, 2.45) is 0 Å². The fourth-order valence-corrected chi connectivity index (χ4v) is 2.39. The van der Waals surface area contributed by atoms with Crippen LogP contribution < -0.4 is 5.32 Å². The number of carbonyl (C=O) groups excluding carboxylic acids is 1. The van der Waals surface area contributed by atoms with Crippen molar-refractivity contribution < 1.29 is 4.79 Å². The lowest BCUT2D eigenvalue weighted by Crippen LogP contribution is -2.17. The SMILES string of the molecule is CNC(=O)c1nc(C)c(-c2ccncc2)s1. The molecule has 0 saturated carbocycles. The van der Waals surface area contributed by atoms with Gasteiger partial charge >= 0.3 is 0 Å². The number of rotatable bonds is 2. The fraction of sp³-hybridized carbons (Fsp3) is 0.182. The quantitative estimate of drug-likeness (QED) is 0.861. The Morgan fingerprint density at radius 1 is 1.38 bits per heavy atom. The van der Waals surface area contributed by atoms with Crippen molar-refractivity contribution in [3.63, 3.8) is 0 Å². The van der Waals surface area contributed by atoms with E-state index in [9.17, 15) is 4.79 Å². The molecule has 82 valence electrons. The van der Waals surface area contributed by atoms with Gasteiger partial charge in [-0.05, 0) is 24.6 Å². The van der Waals surface area contributed by atoms with Crippen LogP contribution in [0.25, 0.3) is 10.4 Å². The lowest BCUT2D eigenvalue weighted by molar-refractivity contribution is 0.0962. The Balaban J connectivity index is 2.44. The Hall–Kier alpha value is -1.75. The largest absolute Gasteiger partial charge is 0.353 e. The highest BCUT2D eigenvalue weighted by atomic mass is 32.1. The molecule has 2 aromatic rings. The molecule has 0 unspecified atom stereocenters. The molecule has 0 aliphatic rings. The van der Waals surface area contributed by atoms with Crippen molar-refractivity contribution >= 4 is 17.2 Å². The van der Waals surface area contributed by atoms with Gasteiger partial charge in [-0.2, -0.15) is 0 Å². The minimum atomic E-state index is -0.145. The van der Waals surface area contributed by atoms with Gasteiger partial charge in [0.1, 0.15) is 0 Å². The predicted molar refractivity (Wildman–Crippen MR) is 63.5 cm³/mol. The number of aryl methyl sites for hydroxylation is 1. The Labute approximate surface area is 97.4 Å². The molecule has 0 aliphatic carbocycles. The summed E-state index contributed by atoms with van der Waals surface area (Å²) < 4.78 is 0. The summed E-state index contributed by atoms with van der Waals surface area (Å²) in [6, 6.07) is 3.82. The lowest BCUT2D eigenvalue weighted by atomic mass is 10.2. The summed E-state index contributed by atoms with van der Waals surface area (Å²) in [6.45, 7) is 1.90. The van der Waals surface area contributed by atoms with Crippen LogP contribution in [-0.4, -0.2) is 22.9 Å². The first-order valence-corrected chi connectivity index (χ1v) is 5.64. The molecular formula is C11H11N3OS. The van der Waals surface area contributed by atoms with Crippen LogP contribution in [0.1, 0.15) is 15.5 Å². The maximum absolute atomic E-state index is 11.4. The summed E-state index contributed by atoms with van der Waals surface area (Å²) in [6.07, 6.45) is 3.46. The highest BCUT2D eigenvalue weighted by Gasteiger charge is 2.13. The van der Waals surface area contributed by atoms with Crippen molar-refractivity contribution in [1.82, 2.24) is 15.3 Å². The molecule has 4 nitrogen and oxygen atoms in total. The van der Waals surface area contributed by atoms with Crippen LogP contribution in [-0.2, 0) is 0 Å². The molecule has 0 saturated heterocycles. The number of carbonyl (C=O) groups is 1. The normalized spacial score (nSPS) is 10.1. The van der Waals surface area contributed by atoms with Crippen molar-refractivity contribution in [2.45, 2.75) is 6.92 Å². The molecule has 0 bridgehead atoms. The maximum Gasteiger partial charge on any atom is 0.280 e. The van der Waals surface area contributed by atoms with Gasteiger partial charge in [0.2, 0.25) is 0 Å². The second-order valence-electron chi connectivity index (χ2n) is 3.25. The van der Waals surface area contributed by atoms with Gasteiger partial charge < -0.3 is 5.32 Å². The summed E-state index contributed by atoms with van der Waals surface area (Å²) >= 11 is 1.39. The standard InChI is InChI=1S/C11H11N3OS/c1-7-9(8-3-5-13-6-4-8)16-11(14-7)10(15)12-2/h3-6H,1-2H3,(H,12,15). The first-order chi connectivity index (χ1) is 7.72. The number of hydrogen-bond acceptors (Lipinski definition) is 4. The second-order valence-corrected chi connectivity index (χ2v) is 4.25. The second kappa shape index (κ2) is 4.40. The molecule has 0 aromatic carbocycles. The van der Waals surface area contributed by atoms with Crippen molar-refractivity contribution in [1.29, 1.82) is 0 Å². The van der Waals surface area contributed by atoms with Gasteiger partial charge in [0.05, 0.1) is 10.6 Å². The lowest BCUT2D eigenvalue weighted by Gasteiger charge is -1.95. The number of amides is 1. The third kappa shape index (κ3) is 1.94. The number of hydrogen-bond donors (Lipinski definition) is 1. The van der Waals surface area contributed by atoms with Crippen LogP contribution >= 0.6 is 11.3 Å². The molecule has 2 rings (SSSR count). The van der Waals surface area contributed by atoms with Gasteiger partial charge in [-0.15, -0.1) is 11.3 Å². The van der Waals surface area contributed by atoms with Gasteiger partial charge in [-0.3, -0.25) is 9.78 Å². The summed E-state index contributed by atoms with van der Waals surface area (Å²) in [5, 5.41) is 3.06. The van der Waals surface area contributed by atoms with Crippen LogP contribution in [0.4, 0.5) is 0 Å². The van der Waals surface area contributed by atoms with Gasteiger partial charge in [0.15, 0.2) is 5.01 Å². The molecule has 0 aliphatic heterocycles. The zero-order valence-electron chi connectivity index (χ0n) is 9.02. The molecule has 0 radical (unpaired) electrons. The summed E-state index contributed by atoms with van der Waals surface area (Å²) in [5.41, 5.74) is 1.91. The third-order valence-corrected chi connectivity index (χ3v) is 3.37. The molecule has 1 amide bonds. The van der Waals surface area contributed by atoms with Crippen LogP contribution in [0.15, 0.2) is 24.5 Å². The van der Waals surface area contributed by atoms with Crippen LogP contribution in [0.2, 0.25) is 0 Å². The number of aromatic nitrogens is 2. The third-order valence-electron chi connectivity index (χ3n) is 2.16. The molecule has 2 aromatic heterocycles. The van der Waals surface area contributed by atoms with Gasteiger partial charge in [-0.25, -0.2) is 4.98 Å². The molecule has 5 heteroatoms. The highest BCUT2D eigenvalue weighted by Crippen LogP contribution is 2.29. The number of thiazole rings is 1. The summed E-state index contributed by atoms with van der Waals surface area (Å²) in [5.74, 6) is -0.145. The zero-order valence-corrected chi connectivity index (χ0v) is 9.84. The Morgan fingerprint density at radius 3 is 2.69 bits per heavy atom. The van der Waals surface area contributed by atoms with E-state index in [-0.39, 0.29) is 5.91 Å². The van der Waals surface area contributed by atoms with E-state index in [0.717, 1.165) is 16.1 Å². The molecule has 16 heavy (non-hydrogen) atoms. The zero-order chi connectivity index (χ0) is 11.5. The van der Waals surface area contributed by atoms with Crippen molar-refractivity contribution in [3.8, 4) is 10.4 Å². The van der Waals surface area contributed by atoms with E-state index in [1.807, 2.05) is 19.1 Å². The van der Waals surface area contributed by atoms with E-state index >= 15 is 0 Å². The molecule has 1 N–H and O–H groups in total. The Bertz CT molecular complexity index is 507. The molecule has 0 fully saturated rings. The topological polar surface area (TPSA) is 54.9 Å². The average molecular weight is 233 g/mol. The number of nitrogens with one attached hydrogen (secondary N) is 1. The predicted octanol–water partition coefficient (Wildman–Crippen LogP) is 1.87. The maximum atomic E-state index is 11.4. The number of nitrogens with zero attached hydrogens (tertiary/aromatic N) is 2. The Kier molecular flexibility index (Phi) is 2.96. The van der Waals surface area contributed by atoms with E-state index in [0.29, 0.717) is 5.01 Å². The van der Waals surface area contributed by atoms with E-state index in [4.69, 9.17) is 0 Å². The fourth-order valence-electron chi connectivity index (χ4n) is 1.37.